The molecule has 44 heteroatoms. The molecule has 4 saturated heterocycles. The molecule has 806 valence electrons. The van der Waals surface area contributed by atoms with Crippen molar-refractivity contribution in [1.82, 2.24) is 80.7 Å². The zero-order valence-electron chi connectivity index (χ0n) is 85.6. The van der Waals surface area contributed by atoms with Gasteiger partial charge >= 0.3 is 12.4 Å². The molecule has 32 nitrogen and oxygen atoms in total. The third kappa shape index (κ3) is 30.6. The number of halogens is 8. The van der Waals surface area contributed by atoms with Crippen LogP contribution in [0.25, 0.3) is 41.8 Å². The van der Waals surface area contributed by atoms with Gasteiger partial charge in [-0.25, -0.2) is 48.7 Å². The van der Waals surface area contributed by atoms with Crippen LogP contribution < -0.4 is 42.5 Å². The van der Waals surface area contributed by atoms with Gasteiger partial charge in [-0.2, -0.15) is 26.3 Å². The van der Waals surface area contributed by atoms with E-state index in [2.05, 4.69) is 89.3 Å². The Morgan fingerprint density at radius 1 is 0.378 bits per heavy atom. The molecule has 5 aliphatic carbocycles. The van der Waals surface area contributed by atoms with Gasteiger partial charge in [-0.15, -0.1) is 45.3 Å². The number of piperidine rings is 3. The number of hydrogen-bond donors (Lipinski definition) is 12. The Balaban J connectivity index is 0.000000156. The number of aromatic nitrogens is 8. The van der Waals surface area contributed by atoms with Crippen molar-refractivity contribution in [2.75, 3.05) is 86.7 Å². The van der Waals surface area contributed by atoms with Gasteiger partial charge < -0.3 is 82.6 Å². The smallest absolute Gasteiger partial charge is 0.389 e. The predicted octanol–water partition coefficient (Wildman–Crippen LogP) is 18.6. The van der Waals surface area contributed by atoms with Crippen LogP contribution in [0.4, 0.5) is 58.4 Å². The van der Waals surface area contributed by atoms with Crippen molar-refractivity contribution in [3.63, 3.8) is 0 Å². The molecule has 148 heavy (non-hydrogen) atoms. The molecule has 12 heterocycles. The number of alkyl halides is 8. The number of carbonyl (C=O) groups is 8. The highest BCUT2D eigenvalue weighted by Gasteiger charge is 2.44. The first-order valence-electron chi connectivity index (χ1n) is 51.8. The lowest BCUT2D eigenvalue weighted by atomic mass is 9.95. The molecule has 8 aromatic rings. The molecule has 5 saturated carbocycles. The maximum atomic E-state index is 14.2. The van der Waals surface area contributed by atoms with Gasteiger partial charge in [-0.05, 0) is 227 Å². The summed E-state index contributed by atoms with van der Waals surface area (Å²) in [6.45, 7) is 19.4. The fourth-order valence-corrected chi connectivity index (χ4v) is 23.3. The third-order valence-electron chi connectivity index (χ3n) is 28.0. The Morgan fingerprint density at radius 2 is 0.682 bits per heavy atom. The fraction of sp³-hybridized carbons (Fsp3) is 0.615. The van der Waals surface area contributed by atoms with E-state index in [9.17, 15) is 93.9 Å². The minimum absolute atomic E-state index is 0.000662. The largest absolute Gasteiger partial charge is 0.419 e. The third-order valence-corrected chi connectivity index (χ3v) is 32.4. The number of pyridine rings is 4. The molecule has 0 aromatic carbocycles. The topological polar surface area (TPSA) is 430 Å². The van der Waals surface area contributed by atoms with E-state index in [1.165, 1.54) is 88.4 Å². The van der Waals surface area contributed by atoms with Gasteiger partial charge in [0, 0.05) is 149 Å². The van der Waals surface area contributed by atoms with Crippen LogP contribution in [0.2, 0.25) is 0 Å². The van der Waals surface area contributed by atoms with E-state index in [-0.39, 0.29) is 164 Å². The zero-order valence-corrected chi connectivity index (χ0v) is 88.9. The number of rotatable bonds is 28. The number of amides is 8. The van der Waals surface area contributed by atoms with E-state index in [0.717, 1.165) is 202 Å². The second kappa shape index (κ2) is 49.2. The first-order valence-corrected chi connectivity index (χ1v) is 55.0. The Morgan fingerprint density at radius 3 is 1.01 bits per heavy atom. The van der Waals surface area contributed by atoms with Crippen LogP contribution in [0, 0.1) is 13.8 Å². The van der Waals surface area contributed by atoms with Crippen LogP contribution in [-0.2, 0) is 12.4 Å². The molecular weight excluding hydrogens is 2000 g/mol. The average Bonchev–Trinajstić information content (AvgIpc) is 1.66. The standard InChI is InChI=1S/C27H36F3N5O3S.C26H33F4N5O3S.C26H36FN5O3S.C25H33N5O3S/c1-16-9-7-8-12-35(16)25(37)20-21(39-24(34-20)23(36)32-15-26(2,3)38)17-13-19(27(28,29)30)22(31-14-17)33-18-10-5-4-6-11-18;1-25(2,38)14-32-22(36)23-34-19(24(37)35-10-8-16(27)9-11-35)20(39-23)15-12-18(26(28,29)30)21(31-13-15)33-17-6-4-3-5-7-17;1-16-13-20(30-18-7-5-4-6-8-18)28-14-19(16)22-21(25(34)32-11-9-17(27)10-12-32)31-24(36-22)23(33)29-15-26(2,3)35;1-15-12-19(28-17-7-3-4-8-17)26-13-18(15)21-20(24(32)30-11-5-6-16(30)2)29-23(34-21)22(31)27-14-25(33)9-10-25/h13-14,16,18,38H,4-12,15H2,1-3H3,(H,31,33)(H,32,36);12-13,16-17,38H,3-11,14H2,1-2H3,(H,31,33)(H,32,36);13-14,17-18,35H,4-12,15H2,1-3H3,(H,28,30)(H,29,33);12-13,16-17,33H,3-11,14H2,1-2H3,(H,26,28)(H,27,31)/t16-;;;16-/m0..0/s1. The summed E-state index contributed by atoms with van der Waals surface area (Å²) in [6, 6.07) is 6.69. The van der Waals surface area contributed by atoms with Crippen LogP contribution in [0.5, 0.6) is 0 Å². The molecule has 2 atom stereocenters. The van der Waals surface area contributed by atoms with Gasteiger partial charge in [0.25, 0.3) is 47.3 Å². The van der Waals surface area contributed by atoms with E-state index in [0.29, 0.717) is 79.4 Å². The molecule has 17 rings (SSSR count). The minimum atomic E-state index is -4.72. The predicted molar refractivity (Wildman–Crippen MR) is 555 cm³/mol. The molecule has 12 N–H and O–H groups in total. The quantitative estimate of drug-likeness (QED) is 0.0203. The first-order chi connectivity index (χ1) is 70.1. The molecule has 9 fully saturated rings. The maximum absolute atomic E-state index is 14.2. The zero-order chi connectivity index (χ0) is 106. The molecule has 9 aliphatic rings. The monoisotopic (exact) mass is 2140 g/mol. The van der Waals surface area contributed by atoms with Gasteiger partial charge in [0.2, 0.25) is 0 Å². The molecule has 8 aromatic heterocycles. The highest BCUT2D eigenvalue weighted by Crippen LogP contribution is 2.46. The van der Waals surface area contributed by atoms with Gasteiger partial charge in [0.05, 0.1) is 53.0 Å². The molecule has 0 bridgehead atoms. The lowest BCUT2D eigenvalue weighted by molar-refractivity contribution is -0.138. The lowest BCUT2D eigenvalue weighted by Gasteiger charge is -2.33. The number of hydrogen-bond acceptors (Lipinski definition) is 28. The molecule has 0 radical (unpaired) electrons. The van der Waals surface area contributed by atoms with Crippen LogP contribution in [-0.4, -0.2) is 264 Å². The number of anilines is 4. The maximum Gasteiger partial charge on any atom is 0.419 e. The van der Waals surface area contributed by atoms with Crippen LogP contribution in [0.15, 0.2) is 49.1 Å². The molecular formula is C104H138F8N20O12S4. The number of aliphatic hydroxyl groups is 4. The minimum Gasteiger partial charge on any atom is -0.389 e. The summed E-state index contributed by atoms with van der Waals surface area (Å²) >= 11 is 3.97. The normalized spacial score (nSPS) is 19.0. The number of likely N-dealkylation sites (tertiary alicyclic amines) is 4. The summed E-state index contributed by atoms with van der Waals surface area (Å²) in [5.74, 6) is -2.42. The fourth-order valence-electron chi connectivity index (χ4n) is 19.3. The summed E-state index contributed by atoms with van der Waals surface area (Å²) in [6.07, 6.45) is 21.4. The van der Waals surface area contributed by atoms with E-state index in [4.69, 9.17) is 0 Å². The lowest BCUT2D eigenvalue weighted by Crippen LogP contribution is -2.42. The van der Waals surface area contributed by atoms with Crippen molar-refractivity contribution in [3.8, 4) is 41.8 Å². The summed E-state index contributed by atoms with van der Waals surface area (Å²) in [4.78, 5) is 148. The highest BCUT2D eigenvalue weighted by molar-refractivity contribution is 7.18. The molecule has 0 spiro atoms. The molecule has 4 aliphatic heterocycles. The van der Waals surface area contributed by atoms with Crippen molar-refractivity contribution >= 4 is 116 Å². The van der Waals surface area contributed by atoms with Crippen molar-refractivity contribution in [2.24, 2.45) is 0 Å². The summed E-state index contributed by atoms with van der Waals surface area (Å²) in [7, 11) is 0. The summed E-state index contributed by atoms with van der Waals surface area (Å²) < 4.78 is 112. The van der Waals surface area contributed by atoms with Crippen LogP contribution in [0.3, 0.4) is 0 Å². The Hall–Kier alpha value is -10.6. The van der Waals surface area contributed by atoms with Crippen molar-refractivity contribution in [3.05, 3.63) is 114 Å². The van der Waals surface area contributed by atoms with E-state index >= 15 is 0 Å². The van der Waals surface area contributed by atoms with E-state index in [1.54, 1.807) is 36.0 Å². The van der Waals surface area contributed by atoms with Gasteiger partial charge in [0.1, 0.15) is 58.4 Å². The van der Waals surface area contributed by atoms with Crippen molar-refractivity contribution in [1.29, 1.82) is 0 Å². The number of thiazole rings is 4. The second-order valence-corrected chi connectivity index (χ2v) is 46.5. The Kier molecular flexibility index (Phi) is 37.6. The number of nitrogens with one attached hydrogen (secondary N) is 8. The highest BCUT2D eigenvalue weighted by atomic mass is 32.1. The summed E-state index contributed by atoms with van der Waals surface area (Å²) in [5, 5.41) is 63.7. The number of carbonyl (C=O) groups excluding carboxylic acids is 8. The van der Waals surface area contributed by atoms with E-state index in [1.807, 2.05) is 37.8 Å². The van der Waals surface area contributed by atoms with Gasteiger partial charge in [0.15, 0.2) is 20.0 Å². The van der Waals surface area contributed by atoms with Crippen molar-refractivity contribution < 1.29 is 93.9 Å². The Labute approximate surface area is 873 Å². The molecule has 8 amide bonds. The van der Waals surface area contributed by atoms with Gasteiger partial charge in [-0.3, -0.25) is 38.4 Å². The first kappa shape index (κ1) is 113. The second-order valence-electron chi connectivity index (χ2n) is 42.5. The SMILES string of the molecule is CC(C)(O)CNC(=O)c1nc(C(=O)N2CCC(F)CC2)c(-c2cnc(NC3CCCCC3)c(C(F)(F)F)c2)s1.C[C@H]1CCCCN1C(=O)c1nc(C(=O)NCC(C)(C)O)sc1-c1cnc(NC2CCCCC2)c(C(F)(F)F)c1.Cc1cc(NC2CCCC2)ncc1-c1sc(C(=O)NCC2(O)CC2)nc1C(=O)N1CCC[C@@H]1C.Cc1cc(NC2CCCCC2)ncc1-c1sc(C(=O)NCC(C)(C)O)nc1C(=O)N1CCC(F)CC1. The molecule has 0 unspecified atom stereocenters. The number of aryl methyl sites for hydroxylation is 2. The average molecular weight is 2140 g/mol. The Bertz CT molecular complexity index is 5970. The van der Waals surface area contributed by atoms with Crippen LogP contribution >= 0.6 is 45.3 Å². The van der Waals surface area contributed by atoms with E-state index < -0.39 is 87.8 Å². The van der Waals surface area contributed by atoms with Crippen LogP contribution in [0.1, 0.15) is 351 Å². The van der Waals surface area contributed by atoms with Crippen molar-refractivity contribution in [2.45, 2.75) is 345 Å². The van der Waals surface area contributed by atoms with Gasteiger partial charge in [-0.1, -0.05) is 70.6 Å². The summed E-state index contributed by atoms with van der Waals surface area (Å²) in [5.41, 5.74) is -2.34. The number of nitrogens with zero attached hydrogens (tertiary/aromatic N) is 12.